The highest BCUT2D eigenvalue weighted by Crippen LogP contribution is 2.39. The van der Waals surface area contributed by atoms with E-state index in [4.69, 9.17) is 0 Å². The molecule has 0 N–H and O–H groups in total. The van der Waals surface area contributed by atoms with Crippen LogP contribution in [0.1, 0.15) is 92.0 Å². The van der Waals surface area contributed by atoms with Gasteiger partial charge in [0.1, 0.15) is 11.6 Å². The number of hydrogen-bond acceptors (Lipinski definition) is 0. The van der Waals surface area contributed by atoms with Crippen molar-refractivity contribution in [1.29, 1.82) is 0 Å². The fourth-order valence-corrected chi connectivity index (χ4v) is 5.83. The molecule has 1 saturated carbocycles. The molecule has 3 aromatic carbocycles. The molecule has 190 valence electrons. The molecule has 0 spiro atoms. The first-order valence-corrected chi connectivity index (χ1v) is 13.7. The van der Waals surface area contributed by atoms with Crippen LogP contribution in [0.5, 0.6) is 0 Å². The maximum Gasteiger partial charge on any atom is 0.129 e. The van der Waals surface area contributed by atoms with E-state index in [-0.39, 0.29) is 5.56 Å². The lowest BCUT2D eigenvalue weighted by atomic mass is 9.75. The first-order valence-electron chi connectivity index (χ1n) is 13.7. The van der Waals surface area contributed by atoms with Crippen molar-refractivity contribution >= 4 is 0 Å². The third kappa shape index (κ3) is 7.15. The van der Waals surface area contributed by atoms with E-state index in [0.717, 1.165) is 17.9 Å². The van der Waals surface area contributed by atoms with E-state index in [1.165, 1.54) is 60.9 Å². The summed E-state index contributed by atoms with van der Waals surface area (Å²) < 4.78 is 28.9. The lowest BCUT2D eigenvalue weighted by Crippen LogP contribution is -2.15. The quantitative estimate of drug-likeness (QED) is 0.250. The Morgan fingerprint density at radius 3 is 2.08 bits per heavy atom. The van der Waals surface area contributed by atoms with Gasteiger partial charge in [0.2, 0.25) is 0 Å². The van der Waals surface area contributed by atoms with Gasteiger partial charge in [0, 0.05) is 5.56 Å². The number of allylic oxidation sites excluding steroid dienone is 2. The first kappa shape index (κ1) is 26.3. The van der Waals surface area contributed by atoms with Crippen LogP contribution in [0.15, 0.2) is 78.9 Å². The Bertz CT molecular complexity index is 1080. The summed E-state index contributed by atoms with van der Waals surface area (Å²) in [5.74, 6) is 1.27. The Hall–Kier alpha value is -2.74. The van der Waals surface area contributed by atoms with Crippen LogP contribution in [-0.4, -0.2) is 0 Å². The second kappa shape index (κ2) is 13.0. The lowest BCUT2D eigenvalue weighted by molar-refractivity contribution is 0.297. The molecule has 0 radical (unpaired) electrons. The fraction of sp³-hybridized carbons (Fsp3) is 0.412. The highest BCUT2D eigenvalue weighted by molar-refractivity contribution is 5.30. The average molecular weight is 487 g/mol. The van der Waals surface area contributed by atoms with E-state index >= 15 is 0 Å². The average Bonchev–Trinajstić information content (AvgIpc) is 2.90. The smallest absolute Gasteiger partial charge is 0.129 e. The topological polar surface area (TPSA) is 0 Å². The summed E-state index contributed by atoms with van der Waals surface area (Å²) in [4.78, 5) is 0. The zero-order valence-electron chi connectivity index (χ0n) is 21.9. The van der Waals surface area contributed by atoms with Crippen LogP contribution in [-0.2, 0) is 19.3 Å². The second-order valence-electron chi connectivity index (χ2n) is 10.7. The summed E-state index contributed by atoms with van der Waals surface area (Å²) in [6.45, 7) is 4.28. The van der Waals surface area contributed by atoms with Gasteiger partial charge in [0.15, 0.2) is 0 Å². The van der Waals surface area contributed by atoms with Crippen molar-refractivity contribution in [2.45, 2.75) is 83.5 Å². The van der Waals surface area contributed by atoms with Crippen LogP contribution in [0.4, 0.5) is 8.78 Å². The molecule has 0 unspecified atom stereocenters. The van der Waals surface area contributed by atoms with Gasteiger partial charge in [-0.1, -0.05) is 73.7 Å². The third-order valence-corrected chi connectivity index (χ3v) is 8.05. The molecular weight excluding hydrogens is 446 g/mol. The van der Waals surface area contributed by atoms with Crippen molar-refractivity contribution in [2.24, 2.45) is 5.92 Å². The SMILES string of the molecule is C/C=C/CCc1c(F)cc(CCc2ccc(C3CCC(C[C@H](C)c4ccccc4)CC3)cc2)cc1F. The molecule has 0 saturated heterocycles. The van der Waals surface area contributed by atoms with Gasteiger partial charge < -0.3 is 0 Å². The van der Waals surface area contributed by atoms with E-state index in [2.05, 4.69) is 61.5 Å². The number of halogens is 2. The minimum atomic E-state index is -0.418. The molecule has 4 rings (SSSR count). The van der Waals surface area contributed by atoms with Crippen LogP contribution in [0.25, 0.3) is 0 Å². The van der Waals surface area contributed by atoms with Gasteiger partial charge in [-0.2, -0.15) is 0 Å². The van der Waals surface area contributed by atoms with Crippen LogP contribution in [0, 0.1) is 17.6 Å². The zero-order valence-corrected chi connectivity index (χ0v) is 21.9. The first-order chi connectivity index (χ1) is 17.5. The molecule has 0 nitrogen and oxygen atoms in total. The second-order valence-corrected chi connectivity index (χ2v) is 10.7. The van der Waals surface area contributed by atoms with Crippen LogP contribution in [0.3, 0.4) is 0 Å². The molecule has 1 aliphatic rings. The number of aryl methyl sites for hydroxylation is 2. The zero-order chi connectivity index (χ0) is 25.3. The molecule has 1 aliphatic carbocycles. The van der Waals surface area contributed by atoms with E-state index in [0.29, 0.717) is 31.1 Å². The Balaban J connectivity index is 1.25. The van der Waals surface area contributed by atoms with Crippen molar-refractivity contribution in [3.05, 3.63) is 118 Å². The minimum Gasteiger partial charge on any atom is -0.207 e. The highest BCUT2D eigenvalue weighted by atomic mass is 19.1. The lowest BCUT2D eigenvalue weighted by Gasteiger charge is -2.30. The molecule has 0 amide bonds. The number of rotatable bonds is 10. The summed E-state index contributed by atoms with van der Waals surface area (Å²) in [5, 5.41) is 0. The normalized spacial score (nSPS) is 19.0. The Morgan fingerprint density at radius 1 is 0.806 bits per heavy atom. The molecule has 0 aromatic heterocycles. The van der Waals surface area contributed by atoms with Gasteiger partial charge in [0.25, 0.3) is 0 Å². The highest BCUT2D eigenvalue weighted by Gasteiger charge is 2.24. The molecule has 3 aromatic rings. The number of benzene rings is 3. The Kier molecular flexibility index (Phi) is 9.50. The van der Waals surface area contributed by atoms with Crippen LogP contribution in [0.2, 0.25) is 0 Å². The van der Waals surface area contributed by atoms with E-state index < -0.39 is 11.6 Å². The van der Waals surface area contributed by atoms with E-state index in [1.807, 2.05) is 19.1 Å². The summed E-state index contributed by atoms with van der Waals surface area (Å²) in [6.07, 6.45) is 12.8. The molecule has 2 heteroatoms. The van der Waals surface area contributed by atoms with E-state index in [1.54, 1.807) is 0 Å². The van der Waals surface area contributed by atoms with Gasteiger partial charge in [-0.3, -0.25) is 0 Å². The molecule has 0 heterocycles. The standard InChI is InChI=1S/C34H40F2/c1-3-4-6-11-32-33(35)23-28(24-34(32)36)13-12-26-14-18-30(19-15-26)31-20-16-27(17-21-31)22-25(2)29-9-7-5-8-10-29/h3-5,7-10,14-15,18-19,23-25,27,31H,6,11-13,16-17,20-22H2,1-2H3/b4-3+/t25-,27?,31?/m0/s1. The molecular formula is C34H40F2. The monoisotopic (exact) mass is 486 g/mol. The maximum atomic E-state index is 14.4. The van der Waals surface area contributed by atoms with Gasteiger partial charge in [-0.05, 0) is 117 Å². The van der Waals surface area contributed by atoms with Crippen molar-refractivity contribution in [3.63, 3.8) is 0 Å². The van der Waals surface area contributed by atoms with Crippen molar-refractivity contribution in [1.82, 2.24) is 0 Å². The Labute approximate surface area is 216 Å². The maximum absolute atomic E-state index is 14.4. The molecule has 1 atom stereocenters. The predicted molar refractivity (Wildman–Crippen MR) is 148 cm³/mol. The Morgan fingerprint density at radius 2 is 1.44 bits per heavy atom. The van der Waals surface area contributed by atoms with Crippen LogP contribution < -0.4 is 0 Å². The van der Waals surface area contributed by atoms with Crippen LogP contribution >= 0.6 is 0 Å². The fourth-order valence-electron chi connectivity index (χ4n) is 5.83. The van der Waals surface area contributed by atoms with Crippen molar-refractivity contribution < 1.29 is 8.78 Å². The third-order valence-electron chi connectivity index (χ3n) is 8.05. The summed E-state index contributed by atoms with van der Waals surface area (Å²) in [7, 11) is 0. The predicted octanol–water partition coefficient (Wildman–Crippen LogP) is 9.73. The van der Waals surface area contributed by atoms with Crippen molar-refractivity contribution in [2.75, 3.05) is 0 Å². The molecule has 36 heavy (non-hydrogen) atoms. The van der Waals surface area contributed by atoms with Gasteiger partial charge >= 0.3 is 0 Å². The summed E-state index contributed by atoms with van der Waals surface area (Å²) >= 11 is 0. The minimum absolute atomic E-state index is 0.199. The number of hydrogen-bond donors (Lipinski definition) is 0. The molecule has 0 aliphatic heterocycles. The summed E-state index contributed by atoms with van der Waals surface area (Å²) in [6, 6.07) is 22.9. The summed E-state index contributed by atoms with van der Waals surface area (Å²) in [5.41, 5.74) is 5.05. The molecule has 0 bridgehead atoms. The molecule has 1 fully saturated rings. The van der Waals surface area contributed by atoms with Crippen molar-refractivity contribution in [3.8, 4) is 0 Å². The van der Waals surface area contributed by atoms with Gasteiger partial charge in [-0.25, -0.2) is 8.78 Å². The van der Waals surface area contributed by atoms with E-state index in [9.17, 15) is 8.78 Å². The van der Waals surface area contributed by atoms with Gasteiger partial charge in [-0.15, -0.1) is 0 Å². The van der Waals surface area contributed by atoms with Gasteiger partial charge in [0.05, 0.1) is 0 Å². The largest absolute Gasteiger partial charge is 0.207 e.